The number of oxime groups is 1. The van der Waals surface area contributed by atoms with Gasteiger partial charge in [-0.05, 0) is 32.1 Å². The summed E-state index contributed by atoms with van der Waals surface area (Å²) in [5, 5.41) is 11.0. The van der Waals surface area contributed by atoms with Gasteiger partial charge in [0, 0.05) is 6.21 Å². The van der Waals surface area contributed by atoms with E-state index in [1.165, 1.54) is 19.3 Å². The maximum atomic E-state index is 8.10. The van der Waals surface area contributed by atoms with Gasteiger partial charge in [-0.3, -0.25) is 0 Å². The molecule has 0 aliphatic rings. The van der Waals surface area contributed by atoms with Crippen LogP contribution >= 0.6 is 0 Å². The molecule has 0 saturated carbocycles. The minimum absolute atomic E-state index is 0.897. The van der Waals surface area contributed by atoms with Crippen LogP contribution in [0.4, 0.5) is 0 Å². The zero-order valence-electron chi connectivity index (χ0n) is 7.87. The number of unbranched alkanes of at least 4 members (excludes halogenated alkanes) is 4. The molecule has 0 saturated heterocycles. The summed E-state index contributed by atoms with van der Waals surface area (Å²) in [5.41, 5.74) is 0. The lowest BCUT2D eigenvalue weighted by molar-refractivity contribution is 0.320. The van der Waals surface area contributed by atoms with Crippen LogP contribution in [0.1, 0.15) is 45.4 Å². The second kappa shape index (κ2) is 10.2. The van der Waals surface area contributed by atoms with Crippen LogP contribution in [0.2, 0.25) is 0 Å². The van der Waals surface area contributed by atoms with Crippen molar-refractivity contribution in [2.24, 2.45) is 5.16 Å². The zero-order valence-corrected chi connectivity index (χ0v) is 7.87. The van der Waals surface area contributed by atoms with Gasteiger partial charge in [0.15, 0.2) is 0 Å². The first kappa shape index (κ1) is 11.2. The third-order valence-corrected chi connectivity index (χ3v) is 1.69. The van der Waals surface area contributed by atoms with Gasteiger partial charge in [0.05, 0.1) is 0 Å². The molecule has 0 aromatic heterocycles. The molecule has 0 heterocycles. The summed E-state index contributed by atoms with van der Waals surface area (Å²) in [7, 11) is 0. The van der Waals surface area contributed by atoms with Crippen LogP contribution in [0, 0.1) is 0 Å². The molecule has 0 amide bonds. The summed E-state index contributed by atoms with van der Waals surface area (Å²) in [6.07, 6.45) is 12.8. The van der Waals surface area contributed by atoms with Crippen molar-refractivity contribution >= 4 is 6.21 Å². The molecule has 0 unspecified atom stereocenters. The van der Waals surface area contributed by atoms with E-state index in [2.05, 4.69) is 24.2 Å². The molecule has 0 aromatic rings. The van der Waals surface area contributed by atoms with E-state index in [1.807, 2.05) is 0 Å². The third kappa shape index (κ3) is 9.21. The predicted octanol–water partition coefficient (Wildman–Crippen LogP) is 3.36. The molecule has 0 atom stereocenters. The molecule has 70 valence electrons. The van der Waals surface area contributed by atoms with Gasteiger partial charge in [-0.2, -0.15) is 0 Å². The van der Waals surface area contributed by atoms with E-state index in [0.29, 0.717) is 0 Å². The number of hydrogen-bond acceptors (Lipinski definition) is 2. The Morgan fingerprint density at radius 1 is 1.08 bits per heavy atom. The summed E-state index contributed by atoms with van der Waals surface area (Å²) in [6, 6.07) is 0. The molecule has 0 aliphatic carbocycles. The van der Waals surface area contributed by atoms with Crippen molar-refractivity contribution in [2.75, 3.05) is 0 Å². The molecule has 1 N–H and O–H groups in total. The van der Waals surface area contributed by atoms with Crippen molar-refractivity contribution in [3.05, 3.63) is 12.2 Å². The van der Waals surface area contributed by atoms with Gasteiger partial charge in [-0.25, -0.2) is 0 Å². The fourth-order valence-electron chi connectivity index (χ4n) is 1.02. The second-order valence-corrected chi connectivity index (χ2v) is 2.82. The minimum atomic E-state index is 0.897. The monoisotopic (exact) mass is 169 g/mol. The highest BCUT2D eigenvalue weighted by Gasteiger charge is 1.85. The molecular formula is C10H19NO. The van der Waals surface area contributed by atoms with Crippen LogP contribution in [-0.2, 0) is 0 Å². The van der Waals surface area contributed by atoms with Crippen LogP contribution in [0.25, 0.3) is 0 Å². The van der Waals surface area contributed by atoms with Gasteiger partial charge in [0.1, 0.15) is 0 Å². The van der Waals surface area contributed by atoms with Crippen molar-refractivity contribution in [3.63, 3.8) is 0 Å². The topological polar surface area (TPSA) is 32.6 Å². The van der Waals surface area contributed by atoms with Crippen molar-refractivity contribution in [3.8, 4) is 0 Å². The Morgan fingerprint density at radius 2 is 1.83 bits per heavy atom. The summed E-state index contributed by atoms with van der Waals surface area (Å²) in [5.74, 6) is 0. The fourth-order valence-corrected chi connectivity index (χ4v) is 1.02. The molecule has 0 fully saturated rings. The van der Waals surface area contributed by atoms with Crippen LogP contribution in [0.3, 0.4) is 0 Å². The van der Waals surface area contributed by atoms with Gasteiger partial charge in [0.2, 0.25) is 0 Å². The number of allylic oxidation sites excluding steroid dienone is 2. The van der Waals surface area contributed by atoms with Gasteiger partial charge >= 0.3 is 0 Å². The SMILES string of the molecule is CC/C=C/CCCCC/C=N/O. The summed E-state index contributed by atoms with van der Waals surface area (Å²) >= 11 is 0. The highest BCUT2D eigenvalue weighted by molar-refractivity contribution is 5.55. The molecule has 12 heavy (non-hydrogen) atoms. The summed E-state index contributed by atoms with van der Waals surface area (Å²) < 4.78 is 0. The quantitative estimate of drug-likeness (QED) is 0.205. The molecule has 2 heteroatoms. The van der Waals surface area contributed by atoms with Gasteiger partial charge < -0.3 is 5.21 Å². The number of nitrogens with zero attached hydrogens (tertiary/aromatic N) is 1. The van der Waals surface area contributed by atoms with Crippen LogP contribution in [-0.4, -0.2) is 11.4 Å². The average Bonchev–Trinajstić information content (AvgIpc) is 2.10. The first-order valence-corrected chi connectivity index (χ1v) is 4.72. The second-order valence-electron chi connectivity index (χ2n) is 2.82. The molecule has 0 bridgehead atoms. The van der Waals surface area contributed by atoms with E-state index in [4.69, 9.17) is 5.21 Å². The molecule has 0 spiro atoms. The molecular weight excluding hydrogens is 150 g/mol. The van der Waals surface area contributed by atoms with Crippen molar-refractivity contribution < 1.29 is 5.21 Å². The average molecular weight is 169 g/mol. The number of rotatable bonds is 7. The zero-order chi connectivity index (χ0) is 9.07. The lowest BCUT2D eigenvalue weighted by Gasteiger charge is -1.93. The first-order chi connectivity index (χ1) is 5.91. The minimum Gasteiger partial charge on any atom is -0.411 e. The van der Waals surface area contributed by atoms with Crippen molar-refractivity contribution in [1.82, 2.24) is 0 Å². The van der Waals surface area contributed by atoms with E-state index in [-0.39, 0.29) is 0 Å². The maximum Gasteiger partial charge on any atom is 0.0435 e. The number of hydrogen-bond donors (Lipinski definition) is 1. The van der Waals surface area contributed by atoms with E-state index in [9.17, 15) is 0 Å². The van der Waals surface area contributed by atoms with Crippen LogP contribution < -0.4 is 0 Å². The van der Waals surface area contributed by atoms with Crippen molar-refractivity contribution in [1.29, 1.82) is 0 Å². The largest absolute Gasteiger partial charge is 0.411 e. The molecule has 0 aromatic carbocycles. The van der Waals surface area contributed by atoms with E-state index >= 15 is 0 Å². The van der Waals surface area contributed by atoms with Crippen LogP contribution in [0.15, 0.2) is 17.3 Å². The Balaban J connectivity index is 2.95. The first-order valence-electron chi connectivity index (χ1n) is 4.72. The lowest BCUT2D eigenvalue weighted by atomic mass is 10.1. The lowest BCUT2D eigenvalue weighted by Crippen LogP contribution is -1.78. The molecule has 2 nitrogen and oxygen atoms in total. The third-order valence-electron chi connectivity index (χ3n) is 1.69. The predicted molar refractivity (Wildman–Crippen MR) is 52.8 cm³/mol. The Hall–Kier alpha value is -0.790. The maximum absolute atomic E-state index is 8.10. The highest BCUT2D eigenvalue weighted by Crippen LogP contribution is 2.02. The van der Waals surface area contributed by atoms with Gasteiger partial charge in [-0.15, -0.1) is 5.16 Å². The molecule has 0 aliphatic heterocycles. The normalized spacial score (nSPS) is 11.8. The summed E-state index contributed by atoms with van der Waals surface area (Å²) in [6.45, 7) is 2.15. The van der Waals surface area contributed by atoms with E-state index in [1.54, 1.807) is 6.21 Å². The smallest absolute Gasteiger partial charge is 0.0435 e. The Bertz CT molecular complexity index is 130. The standard InChI is InChI=1S/C10H19NO/c1-2-3-4-5-6-7-8-9-10-11-12/h3-4,10,12H,2,5-9H2,1H3/b4-3+,11-10+. The Morgan fingerprint density at radius 3 is 2.50 bits per heavy atom. The van der Waals surface area contributed by atoms with E-state index < -0.39 is 0 Å². The van der Waals surface area contributed by atoms with Crippen molar-refractivity contribution in [2.45, 2.75) is 45.4 Å². The van der Waals surface area contributed by atoms with Crippen LogP contribution in [0.5, 0.6) is 0 Å². The van der Waals surface area contributed by atoms with Gasteiger partial charge in [0.25, 0.3) is 0 Å². The molecule has 0 rings (SSSR count). The highest BCUT2D eigenvalue weighted by atomic mass is 16.4. The fraction of sp³-hybridized carbons (Fsp3) is 0.700. The summed E-state index contributed by atoms with van der Waals surface area (Å²) in [4.78, 5) is 0. The van der Waals surface area contributed by atoms with E-state index in [0.717, 1.165) is 19.3 Å². The Kier molecular flexibility index (Phi) is 9.54. The Labute approximate surface area is 75.0 Å². The van der Waals surface area contributed by atoms with Gasteiger partial charge in [-0.1, -0.05) is 25.5 Å². The molecule has 0 radical (unpaired) electrons.